The third-order valence-electron chi connectivity index (χ3n) is 4.36. The molecule has 0 heterocycles. The van der Waals surface area contributed by atoms with Gasteiger partial charge in [0.25, 0.3) is 0 Å². The summed E-state index contributed by atoms with van der Waals surface area (Å²) in [5.41, 5.74) is 0.972. The molecule has 1 amide bonds. The average Bonchev–Trinajstić information content (AvgIpc) is 3.06. The van der Waals surface area contributed by atoms with Crippen molar-refractivity contribution in [3.05, 3.63) is 47.3 Å². The number of carbonyl (C=O) groups excluding carboxylic acids is 1. The summed E-state index contributed by atoms with van der Waals surface area (Å²) in [6, 6.07) is 11.9. The molecule has 1 aromatic rings. The summed E-state index contributed by atoms with van der Waals surface area (Å²) in [5, 5.41) is 9.18. The standard InChI is InChI=1S/C21H27FN2O2/c1-21(2,3)26-20(25)24(13-12-16-8-5-4-6-9-16)15-19(22)18-11-7-10-17(18)14-23/h4-6,8-9,17H,7,10-13,15H2,1-3H3/b19-18+. The average molecular weight is 358 g/mol. The van der Waals surface area contributed by atoms with Crippen LogP contribution in [-0.4, -0.2) is 29.7 Å². The molecule has 0 spiro atoms. The van der Waals surface area contributed by atoms with Gasteiger partial charge in [0.2, 0.25) is 0 Å². The number of ether oxygens (including phenoxy) is 1. The number of rotatable bonds is 5. The second-order valence-electron chi connectivity index (χ2n) is 7.64. The molecule has 0 bridgehead atoms. The fourth-order valence-corrected chi connectivity index (χ4v) is 3.05. The summed E-state index contributed by atoms with van der Waals surface area (Å²) < 4.78 is 20.2. The van der Waals surface area contributed by atoms with E-state index in [0.717, 1.165) is 12.0 Å². The van der Waals surface area contributed by atoms with Gasteiger partial charge in [0.1, 0.15) is 11.4 Å². The first-order valence-corrected chi connectivity index (χ1v) is 9.09. The maximum absolute atomic E-state index is 14.8. The number of allylic oxidation sites excluding steroid dienone is 1. The first-order valence-electron chi connectivity index (χ1n) is 9.09. The number of benzene rings is 1. The van der Waals surface area contributed by atoms with E-state index in [-0.39, 0.29) is 18.3 Å². The predicted octanol–water partition coefficient (Wildman–Crippen LogP) is 5.01. The van der Waals surface area contributed by atoms with Crippen molar-refractivity contribution in [1.82, 2.24) is 4.90 Å². The second-order valence-corrected chi connectivity index (χ2v) is 7.64. The van der Waals surface area contributed by atoms with Gasteiger partial charge < -0.3 is 9.64 Å². The van der Waals surface area contributed by atoms with Gasteiger partial charge in [-0.05, 0) is 57.6 Å². The maximum Gasteiger partial charge on any atom is 0.410 e. The Hall–Kier alpha value is -2.35. The molecule has 4 nitrogen and oxygen atoms in total. The fourth-order valence-electron chi connectivity index (χ4n) is 3.05. The number of nitriles is 1. The molecule has 0 aromatic heterocycles. The number of amides is 1. The SMILES string of the molecule is CC(C)(C)OC(=O)N(CCc1ccccc1)C/C(F)=C1/CCCC1C#N. The van der Waals surface area contributed by atoms with Gasteiger partial charge in [-0.1, -0.05) is 30.3 Å². The Morgan fingerprint density at radius 1 is 1.35 bits per heavy atom. The van der Waals surface area contributed by atoms with Crippen molar-refractivity contribution >= 4 is 6.09 Å². The van der Waals surface area contributed by atoms with E-state index in [0.29, 0.717) is 31.4 Å². The summed E-state index contributed by atoms with van der Waals surface area (Å²) in [6.07, 6.45) is 2.18. The Labute approximate surface area is 155 Å². The molecule has 1 atom stereocenters. The van der Waals surface area contributed by atoms with Crippen molar-refractivity contribution in [2.75, 3.05) is 13.1 Å². The lowest BCUT2D eigenvalue weighted by atomic mass is 10.0. The zero-order valence-electron chi connectivity index (χ0n) is 15.8. The maximum atomic E-state index is 14.8. The van der Waals surface area contributed by atoms with E-state index < -0.39 is 11.7 Å². The van der Waals surface area contributed by atoms with Crippen LogP contribution in [0.25, 0.3) is 0 Å². The highest BCUT2D eigenvalue weighted by molar-refractivity contribution is 5.68. The quantitative estimate of drug-likeness (QED) is 0.743. The van der Waals surface area contributed by atoms with Crippen molar-refractivity contribution in [1.29, 1.82) is 5.26 Å². The van der Waals surface area contributed by atoms with Crippen LogP contribution in [0.4, 0.5) is 9.18 Å². The van der Waals surface area contributed by atoms with Crippen LogP contribution in [0.5, 0.6) is 0 Å². The van der Waals surface area contributed by atoms with E-state index in [4.69, 9.17) is 4.74 Å². The number of halogens is 1. The molecule has 1 aromatic carbocycles. The molecule has 1 unspecified atom stereocenters. The van der Waals surface area contributed by atoms with E-state index in [1.54, 1.807) is 20.8 Å². The minimum absolute atomic E-state index is 0.144. The van der Waals surface area contributed by atoms with Crippen LogP contribution in [0.2, 0.25) is 0 Å². The van der Waals surface area contributed by atoms with E-state index in [1.165, 1.54) is 4.90 Å². The lowest BCUT2D eigenvalue weighted by Gasteiger charge is -2.27. The van der Waals surface area contributed by atoms with Gasteiger partial charge in [0.15, 0.2) is 0 Å². The van der Waals surface area contributed by atoms with E-state index in [1.807, 2.05) is 30.3 Å². The van der Waals surface area contributed by atoms with Gasteiger partial charge in [-0.2, -0.15) is 5.26 Å². The number of hydrogen-bond acceptors (Lipinski definition) is 3. The number of hydrogen-bond donors (Lipinski definition) is 0. The topological polar surface area (TPSA) is 53.3 Å². The molecular weight excluding hydrogens is 331 g/mol. The third-order valence-corrected chi connectivity index (χ3v) is 4.36. The third kappa shape index (κ3) is 5.87. The molecule has 140 valence electrons. The van der Waals surface area contributed by atoms with Crippen LogP contribution in [0, 0.1) is 17.2 Å². The van der Waals surface area contributed by atoms with Crippen LogP contribution in [0.1, 0.15) is 45.6 Å². The second kappa shape index (κ2) is 8.84. The number of nitrogens with zero attached hydrogens (tertiary/aromatic N) is 2. The molecule has 1 aliphatic carbocycles. The highest BCUT2D eigenvalue weighted by Gasteiger charge is 2.28. The van der Waals surface area contributed by atoms with Gasteiger partial charge in [0, 0.05) is 6.54 Å². The zero-order chi connectivity index (χ0) is 19.2. The lowest BCUT2D eigenvalue weighted by Crippen LogP contribution is -2.39. The number of carbonyl (C=O) groups is 1. The fraction of sp³-hybridized carbons (Fsp3) is 0.524. The highest BCUT2D eigenvalue weighted by atomic mass is 19.1. The van der Waals surface area contributed by atoms with Crippen molar-refractivity contribution in [2.24, 2.45) is 5.92 Å². The van der Waals surface area contributed by atoms with E-state index >= 15 is 0 Å². The van der Waals surface area contributed by atoms with Crippen LogP contribution < -0.4 is 0 Å². The largest absolute Gasteiger partial charge is 0.444 e. The lowest BCUT2D eigenvalue weighted by molar-refractivity contribution is 0.0259. The summed E-state index contributed by atoms with van der Waals surface area (Å²) in [5.74, 6) is -0.738. The monoisotopic (exact) mass is 358 g/mol. The Morgan fingerprint density at radius 2 is 2.04 bits per heavy atom. The smallest absolute Gasteiger partial charge is 0.410 e. The normalized spacial score (nSPS) is 19.0. The van der Waals surface area contributed by atoms with Crippen LogP contribution in [0.15, 0.2) is 41.7 Å². The van der Waals surface area contributed by atoms with Crippen molar-refractivity contribution in [2.45, 2.75) is 52.1 Å². The molecule has 1 aliphatic rings. The van der Waals surface area contributed by atoms with Gasteiger partial charge in [-0.3, -0.25) is 0 Å². The predicted molar refractivity (Wildman–Crippen MR) is 99.0 cm³/mol. The molecule has 5 heteroatoms. The van der Waals surface area contributed by atoms with Gasteiger partial charge >= 0.3 is 6.09 Å². The molecule has 1 fully saturated rings. The van der Waals surface area contributed by atoms with Crippen LogP contribution >= 0.6 is 0 Å². The Kier molecular flexibility index (Phi) is 6.79. The van der Waals surface area contributed by atoms with Crippen LogP contribution in [0.3, 0.4) is 0 Å². The molecule has 2 rings (SSSR count). The van der Waals surface area contributed by atoms with Gasteiger partial charge in [-0.25, -0.2) is 9.18 Å². The molecule has 0 aliphatic heterocycles. The zero-order valence-corrected chi connectivity index (χ0v) is 15.8. The van der Waals surface area contributed by atoms with Gasteiger partial charge in [0.05, 0.1) is 18.5 Å². The Bertz CT molecular complexity index is 686. The van der Waals surface area contributed by atoms with Crippen molar-refractivity contribution in [3.63, 3.8) is 0 Å². The summed E-state index contributed by atoms with van der Waals surface area (Å²) >= 11 is 0. The minimum Gasteiger partial charge on any atom is -0.444 e. The molecular formula is C21H27FN2O2. The minimum atomic E-state index is -0.645. The molecule has 0 saturated heterocycles. The Balaban J connectivity index is 2.13. The Morgan fingerprint density at radius 3 is 2.65 bits per heavy atom. The van der Waals surface area contributed by atoms with E-state index in [9.17, 15) is 14.4 Å². The first-order chi connectivity index (χ1) is 12.3. The summed E-state index contributed by atoms with van der Waals surface area (Å²) in [4.78, 5) is 13.9. The molecule has 0 radical (unpaired) electrons. The molecule has 26 heavy (non-hydrogen) atoms. The van der Waals surface area contributed by atoms with E-state index in [2.05, 4.69) is 6.07 Å². The first kappa shape index (κ1) is 20.0. The van der Waals surface area contributed by atoms with Crippen molar-refractivity contribution < 1.29 is 13.9 Å². The molecule has 0 N–H and O–H groups in total. The highest BCUT2D eigenvalue weighted by Crippen LogP contribution is 2.33. The van der Waals surface area contributed by atoms with Crippen molar-refractivity contribution in [3.8, 4) is 6.07 Å². The summed E-state index contributed by atoms with van der Waals surface area (Å²) in [7, 11) is 0. The summed E-state index contributed by atoms with van der Waals surface area (Å²) in [6.45, 7) is 5.58. The molecule has 1 saturated carbocycles. The van der Waals surface area contributed by atoms with Crippen LogP contribution in [-0.2, 0) is 11.2 Å². The van der Waals surface area contributed by atoms with Gasteiger partial charge in [-0.15, -0.1) is 0 Å².